The average molecular weight is 466 g/mol. The number of benzene rings is 1. The third kappa shape index (κ3) is 8.82. The van der Waals surface area contributed by atoms with Gasteiger partial charge >= 0.3 is 0 Å². The fourth-order valence-electron chi connectivity index (χ4n) is 2.15. The molecule has 0 saturated heterocycles. The number of methoxy groups -OCH3 is 1. The third-order valence-corrected chi connectivity index (χ3v) is 3.86. The number of nitrogens with one attached hydrogen (secondary N) is 2. The molecule has 1 unspecified atom stereocenters. The van der Waals surface area contributed by atoms with Crippen LogP contribution in [0.25, 0.3) is 0 Å². The van der Waals surface area contributed by atoms with Crippen molar-refractivity contribution in [2.75, 3.05) is 40.8 Å². The number of aliphatic imine (C=N–C) groups is 1. The Morgan fingerprint density at radius 2 is 1.84 bits per heavy atom. The van der Waals surface area contributed by atoms with Gasteiger partial charge in [-0.2, -0.15) is 0 Å². The van der Waals surface area contributed by atoms with E-state index < -0.39 is 0 Å². The summed E-state index contributed by atoms with van der Waals surface area (Å²) < 4.78 is 18.5. The number of hydrogen-bond donors (Lipinski definition) is 2. The number of likely N-dealkylation sites (N-methyl/N-ethyl adjacent to an activating group) is 1. The lowest BCUT2D eigenvalue weighted by molar-refractivity contribution is 0.0310. The molecule has 0 aliphatic heterocycles. The standard InChI is InChI=1S/C18H31FN4O.HI/c1-7-20-17(22-13-18(2,3)24-6)21-12-16(23(4)5)14-8-10-15(19)11-9-14;/h8-11,16H,7,12-13H2,1-6H3,(H2,20,21,22);1H. The Morgan fingerprint density at radius 1 is 1.24 bits per heavy atom. The maximum Gasteiger partial charge on any atom is 0.191 e. The second-order valence-electron chi connectivity index (χ2n) is 6.57. The van der Waals surface area contributed by atoms with Gasteiger partial charge < -0.3 is 20.3 Å². The van der Waals surface area contributed by atoms with E-state index in [1.807, 2.05) is 47.0 Å². The van der Waals surface area contributed by atoms with Gasteiger partial charge in [-0.3, -0.25) is 4.99 Å². The molecule has 2 N–H and O–H groups in total. The molecule has 5 nitrogen and oxygen atoms in total. The Bertz CT molecular complexity index is 520. The van der Waals surface area contributed by atoms with Crippen LogP contribution < -0.4 is 10.6 Å². The third-order valence-electron chi connectivity index (χ3n) is 3.86. The van der Waals surface area contributed by atoms with E-state index >= 15 is 0 Å². The van der Waals surface area contributed by atoms with Crippen molar-refractivity contribution in [3.8, 4) is 0 Å². The molecule has 0 aliphatic rings. The molecule has 0 amide bonds. The summed E-state index contributed by atoms with van der Waals surface area (Å²) in [5.74, 6) is 0.525. The van der Waals surface area contributed by atoms with Gasteiger partial charge in [0.2, 0.25) is 0 Å². The molecule has 0 bridgehead atoms. The van der Waals surface area contributed by atoms with E-state index in [1.54, 1.807) is 7.11 Å². The maximum absolute atomic E-state index is 13.1. The van der Waals surface area contributed by atoms with Gasteiger partial charge in [-0.25, -0.2) is 4.39 Å². The minimum atomic E-state index is -0.305. The van der Waals surface area contributed by atoms with Crippen LogP contribution in [0, 0.1) is 5.82 Å². The Kier molecular flexibility index (Phi) is 11.2. The zero-order chi connectivity index (χ0) is 18.2. The molecule has 0 aliphatic carbocycles. The summed E-state index contributed by atoms with van der Waals surface area (Å²) >= 11 is 0. The van der Waals surface area contributed by atoms with Crippen molar-refractivity contribution in [2.45, 2.75) is 32.4 Å². The average Bonchev–Trinajstić information content (AvgIpc) is 2.54. The fraction of sp³-hybridized carbons (Fsp3) is 0.611. The van der Waals surface area contributed by atoms with Gasteiger partial charge in [0.25, 0.3) is 0 Å². The van der Waals surface area contributed by atoms with Crippen molar-refractivity contribution in [2.24, 2.45) is 4.99 Å². The predicted molar refractivity (Wildman–Crippen MR) is 113 cm³/mol. The van der Waals surface area contributed by atoms with Gasteiger partial charge in [-0.15, -0.1) is 24.0 Å². The van der Waals surface area contributed by atoms with E-state index in [1.165, 1.54) is 12.1 Å². The smallest absolute Gasteiger partial charge is 0.191 e. The summed E-state index contributed by atoms with van der Waals surface area (Å²) in [4.78, 5) is 6.69. The van der Waals surface area contributed by atoms with Crippen LogP contribution >= 0.6 is 24.0 Å². The number of rotatable bonds is 8. The summed E-state index contributed by atoms with van der Waals surface area (Å²) in [5.41, 5.74) is 0.752. The minimum Gasteiger partial charge on any atom is -0.377 e. The minimum absolute atomic E-state index is 0. The lowest BCUT2D eigenvalue weighted by atomic mass is 10.1. The lowest BCUT2D eigenvalue weighted by Gasteiger charge is -2.26. The molecule has 1 atom stereocenters. The molecule has 0 spiro atoms. The zero-order valence-electron chi connectivity index (χ0n) is 16.1. The molecule has 0 heterocycles. The number of hydrogen-bond acceptors (Lipinski definition) is 3. The molecular weight excluding hydrogens is 434 g/mol. The van der Waals surface area contributed by atoms with Crippen LogP contribution in [-0.2, 0) is 4.74 Å². The first-order valence-electron chi connectivity index (χ1n) is 8.28. The highest BCUT2D eigenvalue weighted by Crippen LogP contribution is 2.17. The van der Waals surface area contributed by atoms with Crippen LogP contribution in [0.2, 0.25) is 0 Å². The van der Waals surface area contributed by atoms with Crippen molar-refractivity contribution in [3.63, 3.8) is 0 Å². The van der Waals surface area contributed by atoms with Crippen molar-refractivity contribution >= 4 is 29.9 Å². The van der Waals surface area contributed by atoms with Crippen molar-refractivity contribution in [3.05, 3.63) is 35.6 Å². The molecule has 0 aromatic heterocycles. The summed E-state index contributed by atoms with van der Waals surface area (Å²) in [5, 5.41) is 6.60. The number of halogens is 2. The van der Waals surface area contributed by atoms with E-state index in [-0.39, 0.29) is 41.4 Å². The molecule has 0 saturated carbocycles. The molecule has 25 heavy (non-hydrogen) atoms. The van der Waals surface area contributed by atoms with Gasteiger partial charge in [0.1, 0.15) is 5.82 Å². The van der Waals surface area contributed by atoms with E-state index in [4.69, 9.17) is 4.74 Å². The largest absolute Gasteiger partial charge is 0.377 e. The molecule has 1 aromatic rings. The molecule has 7 heteroatoms. The quantitative estimate of drug-likeness (QED) is 0.352. The Labute approximate surface area is 168 Å². The summed E-state index contributed by atoms with van der Waals surface area (Å²) in [6.07, 6.45) is 0. The van der Waals surface area contributed by atoms with Crippen molar-refractivity contribution in [1.82, 2.24) is 15.5 Å². The van der Waals surface area contributed by atoms with Crippen molar-refractivity contribution in [1.29, 1.82) is 0 Å². The summed E-state index contributed by atoms with van der Waals surface area (Å²) in [7, 11) is 5.70. The lowest BCUT2D eigenvalue weighted by Crippen LogP contribution is -2.42. The SMILES string of the molecule is CCNC(=NCC(C)(C)OC)NCC(c1ccc(F)cc1)N(C)C.I. The van der Waals surface area contributed by atoms with Gasteiger partial charge in [0.05, 0.1) is 18.2 Å². The normalized spacial score (nSPS) is 13.4. The molecular formula is C18H32FIN4O. The first kappa shape index (κ1) is 24.1. The molecule has 0 radical (unpaired) electrons. The Morgan fingerprint density at radius 3 is 2.32 bits per heavy atom. The van der Waals surface area contributed by atoms with Crippen LogP contribution in [0.1, 0.15) is 32.4 Å². The Hall–Kier alpha value is -0.930. The predicted octanol–water partition coefficient (Wildman–Crippen LogP) is 3.03. The van der Waals surface area contributed by atoms with Gasteiger partial charge in [0, 0.05) is 20.2 Å². The van der Waals surface area contributed by atoms with E-state index in [0.717, 1.165) is 18.1 Å². The van der Waals surface area contributed by atoms with Crippen LogP contribution in [0.3, 0.4) is 0 Å². The second kappa shape index (κ2) is 11.6. The number of ether oxygens (including phenoxy) is 1. The second-order valence-corrected chi connectivity index (χ2v) is 6.57. The van der Waals surface area contributed by atoms with E-state index in [2.05, 4.69) is 20.5 Å². The maximum atomic E-state index is 13.1. The zero-order valence-corrected chi connectivity index (χ0v) is 18.4. The molecule has 1 rings (SSSR count). The molecule has 1 aromatic carbocycles. The highest BCUT2D eigenvalue weighted by atomic mass is 127. The fourth-order valence-corrected chi connectivity index (χ4v) is 2.15. The monoisotopic (exact) mass is 466 g/mol. The first-order valence-corrected chi connectivity index (χ1v) is 8.28. The first-order chi connectivity index (χ1) is 11.3. The van der Waals surface area contributed by atoms with E-state index in [9.17, 15) is 4.39 Å². The van der Waals surface area contributed by atoms with E-state index in [0.29, 0.717) is 13.1 Å². The van der Waals surface area contributed by atoms with Crippen LogP contribution in [0.4, 0.5) is 4.39 Å². The highest BCUT2D eigenvalue weighted by molar-refractivity contribution is 14.0. The van der Waals surface area contributed by atoms with Crippen LogP contribution in [0.15, 0.2) is 29.3 Å². The van der Waals surface area contributed by atoms with Gasteiger partial charge in [-0.1, -0.05) is 12.1 Å². The summed E-state index contributed by atoms with van der Waals surface area (Å²) in [6, 6.07) is 6.74. The summed E-state index contributed by atoms with van der Waals surface area (Å²) in [6.45, 7) is 8.03. The number of guanidine groups is 1. The molecule has 0 fully saturated rings. The number of nitrogens with zero attached hydrogens (tertiary/aromatic N) is 2. The van der Waals surface area contributed by atoms with Crippen LogP contribution in [0.5, 0.6) is 0 Å². The highest BCUT2D eigenvalue weighted by Gasteiger charge is 2.17. The Balaban J connectivity index is 0.00000576. The van der Waals surface area contributed by atoms with Gasteiger partial charge in [-0.05, 0) is 52.6 Å². The van der Waals surface area contributed by atoms with Crippen molar-refractivity contribution < 1.29 is 9.13 Å². The molecule has 144 valence electrons. The van der Waals surface area contributed by atoms with Crippen LogP contribution in [-0.4, -0.2) is 57.3 Å². The topological polar surface area (TPSA) is 48.9 Å². The van der Waals surface area contributed by atoms with Gasteiger partial charge in [0.15, 0.2) is 5.96 Å².